The average Bonchev–Trinajstić information content (AvgIpc) is 2.79. The van der Waals surface area contributed by atoms with Crippen molar-refractivity contribution in [2.24, 2.45) is 4.99 Å². The topological polar surface area (TPSA) is 15.6 Å². The zero-order valence-corrected chi connectivity index (χ0v) is 10.7. The van der Waals surface area contributed by atoms with Gasteiger partial charge < -0.3 is 4.90 Å². The molecular weight excluding hydrogens is 216 g/mol. The highest BCUT2D eigenvalue weighted by atomic mass is 32.2. The minimum Gasteiger partial charge on any atom is -0.378 e. The molecule has 0 N–H and O–H groups in total. The van der Waals surface area contributed by atoms with E-state index in [1.807, 2.05) is 17.3 Å². The van der Waals surface area contributed by atoms with Crippen LogP contribution in [0.2, 0.25) is 0 Å². The molecule has 0 radical (unpaired) electrons. The third kappa shape index (κ3) is 3.01. The van der Waals surface area contributed by atoms with Crippen molar-refractivity contribution >= 4 is 23.0 Å². The number of anilines is 1. The van der Waals surface area contributed by atoms with Gasteiger partial charge in [0.05, 0.1) is 11.6 Å². The summed E-state index contributed by atoms with van der Waals surface area (Å²) in [4.78, 5) is 6.58. The predicted molar refractivity (Wildman–Crippen MR) is 73.8 cm³/mol. The minimum absolute atomic E-state index is 0.535. The van der Waals surface area contributed by atoms with Gasteiger partial charge in [0.1, 0.15) is 0 Å². The van der Waals surface area contributed by atoms with Gasteiger partial charge >= 0.3 is 0 Å². The highest BCUT2D eigenvalue weighted by molar-refractivity contribution is 8.12. The first-order valence-electron chi connectivity index (χ1n) is 5.65. The van der Waals surface area contributed by atoms with Crippen LogP contribution >= 0.6 is 11.8 Å². The maximum Gasteiger partial charge on any atom is 0.0603 e. The third-order valence-electron chi connectivity index (χ3n) is 2.83. The second-order valence-corrected chi connectivity index (χ2v) is 5.22. The third-order valence-corrected chi connectivity index (χ3v) is 3.68. The van der Waals surface area contributed by atoms with Gasteiger partial charge in [-0.15, -0.1) is 11.8 Å². The molecule has 1 aromatic carbocycles. The highest BCUT2D eigenvalue weighted by Gasteiger charge is 2.10. The fourth-order valence-electron chi connectivity index (χ4n) is 1.81. The first-order valence-corrected chi connectivity index (χ1v) is 6.70. The first-order chi connectivity index (χ1) is 7.75. The van der Waals surface area contributed by atoms with Crippen LogP contribution in [0.15, 0.2) is 29.3 Å². The maximum absolute atomic E-state index is 4.44. The van der Waals surface area contributed by atoms with Crippen LogP contribution < -0.4 is 4.90 Å². The monoisotopic (exact) mass is 234 g/mol. The van der Waals surface area contributed by atoms with Crippen LogP contribution in [0, 0.1) is 0 Å². The molecule has 2 nitrogen and oxygen atoms in total. The number of hydrogen-bond acceptors (Lipinski definition) is 3. The summed E-state index contributed by atoms with van der Waals surface area (Å²) in [5.41, 5.74) is 4.68. The number of nitrogens with zero attached hydrogens (tertiary/aromatic N) is 2. The maximum atomic E-state index is 4.44. The summed E-state index contributed by atoms with van der Waals surface area (Å²) >= 11 is 1.83. The van der Waals surface area contributed by atoms with Gasteiger partial charge in [0.25, 0.3) is 0 Å². The molecule has 0 fully saturated rings. The average molecular weight is 234 g/mol. The van der Waals surface area contributed by atoms with Gasteiger partial charge in [-0.25, -0.2) is 0 Å². The fourth-order valence-corrected chi connectivity index (χ4v) is 2.63. The molecule has 0 amide bonds. The van der Waals surface area contributed by atoms with Crippen molar-refractivity contribution in [3.8, 4) is 0 Å². The quantitative estimate of drug-likeness (QED) is 0.796. The summed E-state index contributed by atoms with van der Waals surface area (Å²) in [6.07, 6.45) is 2.30. The van der Waals surface area contributed by atoms with Crippen molar-refractivity contribution in [1.29, 1.82) is 0 Å². The van der Waals surface area contributed by atoms with Gasteiger partial charge in [-0.2, -0.15) is 0 Å². The number of aliphatic imine (C=N–C) groups is 1. The lowest BCUT2D eigenvalue weighted by atomic mass is 10.1. The van der Waals surface area contributed by atoms with Gasteiger partial charge in [-0.1, -0.05) is 12.1 Å². The number of rotatable bonds is 4. The Morgan fingerprint density at radius 3 is 3.00 bits per heavy atom. The Morgan fingerprint density at radius 1 is 1.44 bits per heavy atom. The van der Waals surface area contributed by atoms with E-state index in [4.69, 9.17) is 0 Å². The van der Waals surface area contributed by atoms with Crippen molar-refractivity contribution in [2.75, 3.05) is 24.7 Å². The number of thioether (sulfide) groups is 1. The lowest BCUT2D eigenvalue weighted by molar-refractivity contribution is 0.686. The Hall–Kier alpha value is -0.960. The van der Waals surface area contributed by atoms with Crippen molar-refractivity contribution in [3.05, 3.63) is 29.8 Å². The van der Waals surface area contributed by atoms with Gasteiger partial charge in [-0.3, -0.25) is 4.99 Å². The second-order valence-electron chi connectivity index (χ2n) is 4.34. The molecule has 2 rings (SSSR count). The van der Waals surface area contributed by atoms with E-state index in [9.17, 15) is 0 Å². The molecule has 0 saturated heterocycles. The van der Waals surface area contributed by atoms with Gasteiger partial charge in [0.15, 0.2) is 0 Å². The molecule has 1 heterocycles. The van der Waals surface area contributed by atoms with E-state index in [-0.39, 0.29) is 0 Å². The molecule has 1 atom stereocenters. The normalized spacial score (nSPS) is 19.0. The molecule has 1 aliphatic heterocycles. The van der Waals surface area contributed by atoms with Crippen LogP contribution in [0.25, 0.3) is 0 Å². The van der Waals surface area contributed by atoms with E-state index >= 15 is 0 Å². The lowest BCUT2D eigenvalue weighted by Gasteiger charge is -2.14. The van der Waals surface area contributed by atoms with Crippen molar-refractivity contribution in [1.82, 2.24) is 0 Å². The van der Waals surface area contributed by atoms with Crippen LogP contribution in [-0.2, 0) is 6.42 Å². The molecule has 1 aliphatic rings. The molecule has 1 aromatic rings. The SMILES string of the molecule is CN(C)c1cccc(CC[C@H]2CSC=N2)c1. The van der Waals surface area contributed by atoms with Crippen LogP contribution in [0.3, 0.4) is 0 Å². The summed E-state index contributed by atoms with van der Waals surface area (Å²) in [6.45, 7) is 0. The summed E-state index contributed by atoms with van der Waals surface area (Å²) in [5, 5.41) is 0. The molecule has 0 spiro atoms. The van der Waals surface area contributed by atoms with Crippen LogP contribution in [-0.4, -0.2) is 31.4 Å². The molecule has 3 heteroatoms. The molecular formula is C13H18N2S. The Bertz CT molecular complexity index is 374. The molecule has 0 unspecified atom stereocenters. The lowest BCUT2D eigenvalue weighted by Crippen LogP contribution is -2.09. The van der Waals surface area contributed by atoms with Crippen molar-refractivity contribution < 1.29 is 0 Å². The summed E-state index contributed by atoms with van der Waals surface area (Å²) < 4.78 is 0. The number of hydrogen-bond donors (Lipinski definition) is 0. The first kappa shape index (κ1) is 11.5. The van der Waals surface area contributed by atoms with Crippen molar-refractivity contribution in [3.63, 3.8) is 0 Å². The van der Waals surface area contributed by atoms with E-state index in [0.717, 1.165) is 12.2 Å². The van der Waals surface area contributed by atoms with Crippen LogP contribution in [0.4, 0.5) is 5.69 Å². The smallest absolute Gasteiger partial charge is 0.0603 e. The Morgan fingerprint density at radius 2 is 2.31 bits per heavy atom. The standard InChI is InChI=1S/C13H18N2S/c1-15(2)13-5-3-4-11(8-13)6-7-12-9-16-10-14-12/h3-5,8,10,12H,6-7,9H2,1-2H3/t12-/m0/s1. The molecule has 0 saturated carbocycles. The van der Waals surface area contributed by atoms with Crippen LogP contribution in [0.1, 0.15) is 12.0 Å². The predicted octanol–water partition coefficient (Wildman–Crippen LogP) is 2.83. The summed E-state index contributed by atoms with van der Waals surface area (Å²) in [6, 6.07) is 9.29. The Kier molecular flexibility index (Phi) is 3.88. The Labute approximate surface area is 102 Å². The highest BCUT2D eigenvalue weighted by Crippen LogP contribution is 2.19. The van der Waals surface area contributed by atoms with Gasteiger partial charge in [0, 0.05) is 25.5 Å². The number of aryl methyl sites for hydroxylation is 1. The second kappa shape index (κ2) is 5.39. The molecule has 0 aliphatic carbocycles. The number of benzene rings is 1. The molecule has 0 bridgehead atoms. The zero-order chi connectivity index (χ0) is 11.4. The van der Waals surface area contributed by atoms with E-state index in [1.165, 1.54) is 17.7 Å². The Balaban J connectivity index is 1.93. The van der Waals surface area contributed by atoms with Crippen LogP contribution in [0.5, 0.6) is 0 Å². The zero-order valence-electron chi connectivity index (χ0n) is 9.89. The largest absolute Gasteiger partial charge is 0.378 e. The van der Waals surface area contributed by atoms with Gasteiger partial charge in [0.2, 0.25) is 0 Å². The summed E-state index contributed by atoms with van der Waals surface area (Å²) in [5.74, 6) is 1.16. The molecule has 16 heavy (non-hydrogen) atoms. The van der Waals surface area contributed by atoms with E-state index in [1.54, 1.807) is 0 Å². The van der Waals surface area contributed by atoms with E-state index in [2.05, 4.69) is 48.3 Å². The molecule has 0 aromatic heterocycles. The van der Waals surface area contributed by atoms with E-state index < -0.39 is 0 Å². The van der Waals surface area contributed by atoms with Crippen molar-refractivity contribution in [2.45, 2.75) is 18.9 Å². The van der Waals surface area contributed by atoms with E-state index in [0.29, 0.717) is 6.04 Å². The molecule has 86 valence electrons. The summed E-state index contributed by atoms with van der Waals surface area (Å²) in [7, 11) is 4.16. The van der Waals surface area contributed by atoms with Gasteiger partial charge in [-0.05, 0) is 30.5 Å². The minimum atomic E-state index is 0.535. The fraction of sp³-hybridized carbons (Fsp3) is 0.462.